The molecule has 1 amide bonds. The van der Waals surface area contributed by atoms with Gasteiger partial charge in [-0.3, -0.25) is 9.69 Å². The Morgan fingerprint density at radius 1 is 1.14 bits per heavy atom. The van der Waals surface area contributed by atoms with E-state index in [0.717, 1.165) is 55.1 Å². The van der Waals surface area contributed by atoms with Crippen LogP contribution in [0.4, 0.5) is 5.69 Å². The number of aromatic nitrogens is 1. The van der Waals surface area contributed by atoms with Gasteiger partial charge in [-0.2, -0.15) is 0 Å². The SMILES string of the molecule is O=C(Nc1ccc(OCCN2CCOCC2)c2ccccc12)c1ccnc(Cl)c1. The van der Waals surface area contributed by atoms with E-state index in [4.69, 9.17) is 21.1 Å². The van der Waals surface area contributed by atoms with Crippen molar-refractivity contribution in [3.8, 4) is 5.75 Å². The maximum atomic E-state index is 12.6. The fraction of sp³-hybridized carbons (Fsp3) is 0.273. The lowest BCUT2D eigenvalue weighted by Gasteiger charge is -2.26. The molecule has 150 valence electrons. The number of morpholine rings is 1. The quantitative estimate of drug-likeness (QED) is 0.624. The lowest BCUT2D eigenvalue weighted by Crippen LogP contribution is -2.38. The Balaban J connectivity index is 1.49. The second-order valence-corrected chi connectivity index (χ2v) is 7.17. The number of nitrogens with zero attached hydrogens (tertiary/aromatic N) is 2. The van der Waals surface area contributed by atoms with Crippen molar-refractivity contribution in [2.75, 3.05) is 44.8 Å². The van der Waals surface area contributed by atoms with Crippen molar-refractivity contribution in [1.29, 1.82) is 0 Å². The highest BCUT2D eigenvalue weighted by molar-refractivity contribution is 6.29. The van der Waals surface area contributed by atoms with E-state index in [0.29, 0.717) is 12.2 Å². The second-order valence-electron chi connectivity index (χ2n) is 6.78. The van der Waals surface area contributed by atoms with Crippen LogP contribution in [0.2, 0.25) is 5.15 Å². The highest BCUT2D eigenvalue weighted by atomic mass is 35.5. The number of hydrogen-bond acceptors (Lipinski definition) is 5. The first kappa shape index (κ1) is 19.6. The number of ether oxygens (including phenoxy) is 2. The van der Waals surface area contributed by atoms with Crippen molar-refractivity contribution in [1.82, 2.24) is 9.88 Å². The molecule has 1 aromatic heterocycles. The van der Waals surface area contributed by atoms with Gasteiger partial charge in [0.2, 0.25) is 0 Å². The van der Waals surface area contributed by atoms with Gasteiger partial charge in [-0.15, -0.1) is 0 Å². The van der Waals surface area contributed by atoms with E-state index in [1.54, 1.807) is 12.1 Å². The molecular formula is C22H22ClN3O3. The van der Waals surface area contributed by atoms with Gasteiger partial charge in [0.25, 0.3) is 5.91 Å². The molecule has 2 heterocycles. The summed E-state index contributed by atoms with van der Waals surface area (Å²) < 4.78 is 11.4. The highest BCUT2D eigenvalue weighted by Gasteiger charge is 2.13. The lowest BCUT2D eigenvalue weighted by molar-refractivity contribution is 0.0323. The van der Waals surface area contributed by atoms with Gasteiger partial charge in [0, 0.05) is 47.9 Å². The van der Waals surface area contributed by atoms with Crippen LogP contribution in [0.1, 0.15) is 10.4 Å². The first-order valence-electron chi connectivity index (χ1n) is 9.58. The van der Waals surface area contributed by atoms with Gasteiger partial charge >= 0.3 is 0 Å². The molecule has 1 aliphatic heterocycles. The van der Waals surface area contributed by atoms with E-state index in [1.165, 1.54) is 6.20 Å². The van der Waals surface area contributed by atoms with Gasteiger partial charge in [-0.05, 0) is 24.3 Å². The van der Waals surface area contributed by atoms with Crippen molar-refractivity contribution in [2.45, 2.75) is 0 Å². The summed E-state index contributed by atoms with van der Waals surface area (Å²) in [5.41, 5.74) is 1.18. The molecule has 0 unspecified atom stereocenters. The monoisotopic (exact) mass is 411 g/mol. The number of pyridine rings is 1. The third kappa shape index (κ3) is 4.85. The van der Waals surface area contributed by atoms with Gasteiger partial charge in [-0.25, -0.2) is 4.98 Å². The smallest absolute Gasteiger partial charge is 0.255 e. The fourth-order valence-corrected chi connectivity index (χ4v) is 3.53. The van der Waals surface area contributed by atoms with Crippen LogP contribution < -0.4 is 10.1 Å². The molecule has 7 heteroatoms. The molecule has 0 saturated carbocycles. The molecule has 29 heavy (non-hydrogen) atoms. The molecular weight excluding hydrogens is 390 g/mol. The number of rotatable bonds is 6. The zero-order valence-electron chi connectivity index (χ0n) is 15.9. The van der Waals surface area contributed by atoms with E-state index < -0.39 is 0 Å². The predicted molar refractivity (Wildman–Crippen MR) is 114 cm³/mol. The van der Waals surface area contributed by atoms with Crippen LogP contribution >= 0.6 is 11.6 Å². The third-order valence-electron chi connectivity index (χ3n) is 4.89. The average Bonchev–Trinajstić information content (AvgIpc) is 2.76. The minimum absolute atomic E-state index is 0.236. The molecule has 3 aromatic rings. The van der Waals surface area contributed by atoms with Gasteiger partial charge in [0.05, 0.1) is 13.2 Å². The van der Waals surface area contributed by atoms with E-state index in [-0.39, 0.29) is 11.1 Å². The molecule has 0 spiro atoms. The van der Waals surface area contributed by atoms with E-state index in [1.807, 2.05) is 36.4 Å². The summed E-state index contributed by atoms with van der Waals surface area (Å²) in [7, 11) is 0. The number of amides is 1. The zero-order valence-corrected chi connectivity index (χ0v) is 16.7. The Labute approximate surface area is 174 Å². The summed E-state index contributed by atoms with van der Waals surface area (Å²) in [6.07, 6.45) is 1.51. The van der Waals surface area contributed by atoms with Gasteiger partial charge in [0.1, 0.15) is 17.5 Å². The predicted octanol–water partition coefficient (Wildman–Crippen LogP) is 3.85. The maximum absolute atomic E-state index is 12.6. The van der Waals surface area contributed by atoms with Crippen LogP contribution in [0.15, 0.2) is 54.7 Å². The number of carbonyl (C=O) groups excluding carboxylic acids is 1. The molecule has 1 saturated heterocycles. The normalized spacial score (nSPS) is 14.7. The summed E-state index contributed by atoms with van der Waals surface area (Å²) >= 11 is 5.89. The summed E-state index contributed by atoms with van der Waals surface area (Å²) in [5, 5.41) is 5.12. The Bertz CT molecular complexity index is 1010. The summed E-state index contributed by atoms with van der Waals surface area (Å²) in [6, 6.07) is 14.8. The molecule has 0 radical (unpaired) electrons. The number of halogens is 1. The van der Waals surface area contributed by atoms with Crippen LogP contribution in [-0.4, -0.2) is 55.2 Å². The van der Waals surface area contributed by atoms with Gasteiger partial charge in [0.15, 0.2) is 0 Å². The Morgan fingerprint density at radius 3 is 2.72 bits per heavy atom. The minimum atomic E-state index is -0.236. The van der Waals surface area contributed by atoms with Crippen LogP contribution in [0.5, 0.6) is 5.75 Å². The molecule has 4 rings (SSSR count). The Kier molecular flexibility index (Phi) is 6.24. The molecule has 0 bridgehead atoms. The Morgan fingerprint density at radius 2 is 1.93 bits per heavy atom. The third-order valence-corrected chi connectivity index (χ3v) is 5.10. The van der Waals surface area contributed by atoms with Crippen LogP contribution in [-0.2, 0) is 4.74 Å². The van der Waals surface area contributed by atoms with E-state index in [2.05, 4.69) is 15.2 Å². The summed E-state index contributed by atoms with van der Waals surface area (Å²) in [6.45, 7) is 4.90. The number of fused-ring (bicyclic) bond motifs is 1. The molecule has 0 aliphatic carbocycles. The first-order valence-corrected chi connectivity index (χ1v) is 9.96. The highest BCUT2D eigenvalue weighted by Crippen LogP contribution is 2.32. The maximum Gasteiger partial charge on any atom is 0.255 e. The standard InChI is InChI=1S/C22H22ClN3O3/c23-21-15-16(7-8-24-21)22(27)25-19-5-6-20(18-4-2-1-3-17(18)19)29-14-11-26-9-12-28-13-10-26/h1-8,15H,9-14H2,(H,25,27). The van der Waals surface area contributed by atoms with Crippen LogP contribution in [0, 0.1) is 0 Å². The summed E-state index contributed by atoms with van der Waals surface area (Å²) in [5.74, 6) is 0.569. The molecule has 6 nitrogen and oxygen atoms in total. The molecule has 0 atom stereocenters. The molecule has 1 aliphatic rings. The minimum Gasteiger partial charge on any atom is -0.492 e. The van der Waals surface area contributed by atoms with E-state index in [9.17, 15) is 4.79 Å². The average molecular weight is 412 g/mol. The number of carbonyl (C=O) groups is 1. The topological polar surface area (TPSA) is 63.7 Å². The van der Waals surface area contributed by atoms with Crippen molar-refractivity contribution in [3.63, 3.8) is 0 Å². The molecule has 1 N–H and O–H groups in total. The van der Waals surface area contributed by atoms with Crippen LogP contribution in [0.3, 0.4) is 0 Å². The van der Waals surface area contributed by atoms with Crippen LogP contribution in [0.25, 0.3) is 10.8 Å². The second kappa shape index (κ2) is 9.22. The van der Waals surface area contributed by atoms with Crippen molar-refractivity contribution in [3.05, 3.63) is 65.4 Å². The van der Waals surface area contributed by atoms with E-state index >= 15 is 0 Å². The largest absolute Gasteiger partial charge is 0.492 e. The molecule has 2 aromatic carbocycles. The number of anilines is 1. The fourth-order valence-electron chi connectivity index (χ4n) is 3.35. The van der Waals surface area contributed by atoms with Gasteiger partial charge in [-0.1, -0.05) is 35.9 Å². The van der Waals surface area contributed by atoms with Crippen molar-refractivity contribution < 1.29 is 14.3 Å². The summed E-state index contributed by atoms with van der Waals surface area (Å²) in [4.78, 5) is 18.8. The van der Waals surface area contributed by atoms with Crippen molar-refractivity contribution >= 4 is 34.0 Å². The number of benzene rings is 2. The van der Waals surface area contributed by atoms with Gasteiger partial charge < -0.3 is 14.8 Å². The lowest BCUT2D eigenvalue weighted by atomic mass is 10.1. The molecule has 1 fully saturated rings. The number of nitrogens with one attached hydrogen (secondary N) is 1. The Hall–Kier alpha value is -2.67. The zero-order chi connectivity index (χ0) is 20.1. The van der Waals surface area contributed by atoms with Crippen molar-refractivity contribution in [2.24, 2.45) is 0 Å². The first-order chi connectivity index (χ1) is 14.2. The number of hydrogen-bond donors (Lipinski definition) is 1.